The third-order valence-electron chi connectivity index (χ3n) is 3.14. The van der Waals surface area contributed by atoms with Crippen LogP contribution in [0.2, 0.25) is 0 Å². The van der Waals surface area contributed by atoms with Crippen molar-refractivity contribution in [2.45, 2.75) is 6.54 Å². The summed E-state index contributed by atoms with van der Waals surface area (Å²) in [6.07, 6.45) is 3.57. The van der Waals surface area contributed by atoms with Gasteiger partial charge in [0.1, 0.15) is 0 Å². The summed E-state index contributed by atoms with van der Waals surface area (Å²) in [5.74, 6) is -0.323. The average molecular weight is 285 g/mol. The highest BCUT2D eigenvalue weighted by molar-refractivity contribution is 5.89. The third-order valence-corrected chi connectivity index (χ3v) is 3.14. The number of pyridine rings is 1. The molecule has 0 bridgehead atoms. The number of nitrogens with one attached hydrogen (secondary N) is 1. The number of rotatable bonds is 5. The van der Waals surface area contributed by atoms with Gasteiger partial charge in [-0.25, -0.2) is 4.79 Å². The SMILES string of the molecule is COC(=O)c1ccc(CNc2cnccc2N(C)C)cc1. The molecule has 0 aliphatic rings. The molecule has 110 valence electrons. The summed E-state index contributed by atoms with van der Waals surface area (Å²) in [5, 5.41) is 3.35. The van der Waals surface area contributed by atoms with E-state index in [1.807, 2.05) is 37.2 Å². The Hall–Kier alpha value is -2.56. The molecule has 0 aliphatic carbocycles. The van der Waals surface area contributed by atoms with Crippen LogP contribution < -0.4 is 10.2 Å². The van der Waals surface area contributed by atoms with Crippen LogP contribution in [0.25, 0.3) is 0 Å². The number of carbonyl (C=O) groups excluding carboxylic acids is 1. The monoisotopic (exact) mass is 285 g/mol. The number of nitrogens with zero attached hydrogens (tertiary/aromatic N) is 2. The molecule has 21 heavy (non-hydrogen) atoms. The highest BCUT2D eigenvalue weighted by Gasteiger charge is 2.06. The van der Waals surface area contributed by atoms with Crippen LogP contribution in [-0.2, 0) is 11.3 Å². The lowest BCUT2D eigenvalue weighted by Crippen LogP contribution is -2.12. The lowest BCUT2D eigenvalue weighted by molar-refractivity contribution is 0.0600. The van der Waals surface area contributed by atoms with Crippen LogP contribution in [-0.4, -0.2) is 32.2 Å². The zero-order chi connectivity index (χ0) is 15.2. The van der Waals surface area contributed by atoms with Gasteiger partial charge in [0.25, 0.3) is 0 Å². The Morgan fingerprint density at radius 2 is 1.95 bits per heavy atom. The van der Waals surface area contributed by atoms with Gasteiger partial charge in [-0.15, -0.1) is 0 Å². The average Bonchev–Trinajstić information content (AvgIpc) is 2.52. The van der Waals surface area contributed by atoms with Crippen LogP contribution in [0, 0.1) is 0 Å². The molecule has 0 unspecified atom stereocenters. The third kappa shape index (κ3) is 3.72. The molecule has 1 N–H and O–H groups in total. The number of hydrogen-bond acceptors (Lipinski definition) is 5. The maximum Gasteiger partial charge on any atom is 0.337 e. The van der Waals surface area contributed by atoms with Crippen LogP contribution >= 0.6 is 0 Å². The van der Waals surface area contributed by atoms with Gasteiger partial charge in [0.15, 0.2) is 0 Å². The van der Waals surface area contributed by atoms with Gasteiger partial charge >= 0.3 is 5.97 Å². The molecule has 1 aromatic carbocycles. The van der Waals surface area contributed by atoms with Gasteiger partial charge in [0.2, 0.25) is 0 Å². The molecule has 0 amide bonds. The summed E-state index contributed by atoms with van der Waals surface area (Å²) in [5.41, 5.74) is 3.68. The van der Waals surface area contributed by atoms with Crippen molar-refractivity contribution in [2.24, 2.45) is 0 Å². The van der Waals surface area contributed by atoms with E-state index in [1.165, 1.54) is 7.11 Å². The maximum absolute atomic E-state index is 11.4. The van der Waals surface area contributed by atoms with E-state index in [2.05, 4.69) is 15.0 Å². The zero-order valence-corrected chi connectivity index (χ0v) is 12.5. The van der Waals surface area contributed by atoms with E-state index in [0.29, 0.717) is 12.1 Å². The van der Waals surface area contributed by atoms with E-state index >= 15 is 0 Å². The van der Waals surface area contributed by atoms with E-state index in [0.717, 1.165) is 16.9 Å². The summed E-state index contributed by atoms with van der Waals surface area (Å²) in [7, 11) is 5.36. The van der Waals surface area contributed by atoms with Crippen molar-refractivity contribution in [2.75, 3.05) is 31.4 Å². The number of methoxy groups -OCH3 is 1. The predicted octanol–water partition coefficient (Wildman–Crippen LogP) is 2.55. The number of anilines is 2. The second-order valence-corrected chi connectivity index (χ2v) is 4.83. The summed E-state index contributed by atoms with van der Waals surface area (Å²) in [4.78, 5) is 17.5. The van der Waals surface area contributed by atoms with Crippen molar-refractivity contribution in [1.29, 1.82) is 0 Å². The molecule has 0 spiro atoms. The molecule has 0 aliphatic heterocycles. The minimum atomic E-state index is -0.323. The molecule has 1 heterocycles. The van der Waals surface area contributed by atoms with Crippen molar-refractivity contribution in [3.8, 4) is 0 Å². The van der Waals surface area contributed by atoms with Crippen molar-refractivity contribution in [1.82, 2.24) is 4.98 Å². The summed E-state index contributed by atoms with van der Waals surface area (Å²) < 4.78 is 4.68. The normalized spacial score (nSPS) is 10.0. The van der Waals surface area contributed by atoms with E-state index in [-0.39, 0.29) is 5.97 Å². The van der Waals surface area contributed by atoms with Gasteiger partial charge in [-0.1, -0.05) is 12.1 Å². The Morgan fingerprint density at radius 1 is 1.24 bits per heavy atom. The van der Waals surface area contributed by atoms with Gasteiger partial charge in [-0.2, -0.15) is 0 Å². The second-order valence-electron chi connectivity index (χ2n) is 4.83. The van der Waals surface area contributed by atoms with Gasteiger partial charge in [0, 0.05) is 26.8 Å². The number of benzene rings is 1. The highest BCUT2D eigenvalue weighted by Crippen LogP contribution is 2.22. The van der Waals surface area contributed by atoms with Crippen LogP contribution in [0.5, 0.6) is 0 Å². The topological polar surface area (TPSA) is 54.5 Å². The largest absolute Gasteiger partial charge is 0.465 e. The van der Waals surface area contributed by atoms with Crippen molar-refractivity contribution in [3.63, 3.8) is 0 Å². The van der Waals surface area contributed by atoms with Gasteiger partial charge in [0.05, 0.1) is 30.2 Å². The first-order valence-corrected chi connectivity index (χ1v) is 6.64. The van der Waals surface area contributed by atoms with E-state index in [1.54, 1.807) is 24.5 Å². The molecule has 0 saturated heterocycles. The van der Waals surface area contributed by atoms with Crippen LogP contribution in [0.3, 0.4) is 0 Å². The first kappa shape index (κ1) is 14.8. The standard InChI is InChI=1S/C16H19N3O2/c1-19(2)15-8-9-17-11-14(15)18-10-12-4-6-13(7-5-12)16(20)21-3/h4-9,11,18H,10H2,1-3H3. The van der Waals surface area contributed by atoms with Gasteiger partial charge in [-0.3, -0.25) is 4.98 Å². The van der Waals surface area contributed by atoms with Crippen molar-refractivity contribution < 1.29 is 9.53 Å². The minimum Gasteiger partial charge on any atom is -0.465 e. The lowest BCUT2D eigenvalue weighted by atomic mass is 10.1. The van der Waals surface area contributed by atoms with E-state index < -0.39 is 0 Å². The molecule has 2 rings (SSSR count). The zero-order valence-electron chi connectivity index (χ0n) is 12.5. The quantitative estimate of drug-likeness (QED) is 0.856. The Balaban J connectivity index is 2.05. The molecule has 0 atom stereocenters. The molecule has 2 aromatic rings. The molecule has 1 aromatic heterocycles. The molecular formula is C16H19N3O2. The van der Waals surface area contributed by atoms with Crippen molar-refractivity contribution >= 4 is 17.3 Å². The molecule has 0 radical (unpaired) electrons. The molecule has 5 nitrogen and oxygen atoms in total. The van der Waals surface area contributed by atoms with Crippen LogP contribution in [0.4, 0.5) is 11.4 Å². The highest BCUT2D eigenvalue weighted by atomic mass is 16.5. The summed E-state index contributed by atoms with van der Waals surface area (Å²) in [6, 6.07) is 9.30. The Kier molecular flexibility index (Phi) is 4.77. The van der Waals surface area contributed by atoms with Gasteiger partial charge in [-0.05, 0) is 23.8 Å². The van der Waals surface area contributed by atoms with Crippen LogP contribution in [0.1, 0.15) is 15.9 Å². The van der Waals surface area contributed by atoms with Crippen molar-refractivity contribution in [3.05, 3.63) is 53.9 Å². The van der Waals surface area contributed by atoms with Crippen LogP contribution in [0.15, 0.2) is 42.7 Å². The minimum absolute atomic E-state index is 0.323. The molecule has 5 heteroatoms. The fourth-order valence-corrected chi connectivity index (χ4v) is 1.99. The second kappa shape index (κ2) is 6.74. The van der Waals surface area contributed by atoms with E-state index in [9.17, 15) is 4.79 Å². The first-order chi connectivity index (χ1) is 10.1. The Bertz CT molecular complexity index is 609. The van der Waals surface area contributed by atoms with Gasteiger partial charge < -0.3 is 15.0 Å². The van der Waals surface area contributed by atoms with E-state index in [4.69, 9.17) is 0 Å². The molecule has 0 saturated carbocycles. The lowest BCUT2D eigenvalue weighted by Gasteiger charge is -2.17. The fraction of sp³-hybridized carbons (Fsp3) is 0.250. The first-order valence-electron chi connectivity index (χ1n) is 6.64. The fourth-order valence-electron chi connectivity index (χ4n) is 1.99. The predicted molar refractivity (Wildman–Crippen MR) is 83.7 cm³/mol. The number of esters is 1. The summed E-state index contributed by atoms with van der Waals surface area (Å²) in [6.45, 7) is 0.661. The smallest absolute Gasteiger partial charge is 0.337 e. The number of hydrogen-bond donors (Lipinski definition) is 1. The molecule has 0 fully saturated rings. The number of carbonyl (C=O) groups is 1. The number of ether oxygens (including phenoxy) is 1. The molecular weight excluding hydrogens is 266 g/mol. The number of aromatic nitrogens is 1. The Morgan fingerprint density at radius 3 is 2.57 bits per heavy atom. The maximum atomic E-state index is 11.4. The summed E-state index contributed by atoms with van der Waals surface area (Å²) >= 11 is 0. The Labute approximate surface area is 124 Å².